The maximum Gasteiger partial charge on any atom is 0.319 e. The molecule has 2 aliphatic carbocycles. The first kappa shape index (κ1) is 46.9. The highest BCUT2D eigenvalue weighted by atomic mass is 19.1. The van der Waals surface area contributed by atoms with Crippen molar-refractivity contribution in [2.24, 2.45) is 10.8 Å². The first-order chi connectivity index (χ1) is 35.4. The minimum atomic E-state index is -0.669. The smallest absolute Gasteiger partial charge is 0.319 e. The van der Waals surface area contributed by atoms with Crippen LogP contribution >= 0.6 is 0 Å². The molecule has 3 amide bonds. The SMILES string of the molecule is CCc1c(F)ccc2cc(O)cc(-c3ncc4c(N5CCCC6(CCO6)C5)nc(OCC5(CN6CCC7(CC6)CC(N6CCC(c8cccc9c8CN(C8CCC(=O)NC8=O)C9=O)CC6)C7)CC5)nc4c3F)c12. The van der Waals surface area contributed by atoms with E-state index in [1.54, 1.807) is 23.2 Å². The number of amides is 3. The normalized spacial score (nSPS) is 25.4. The second kappa shape index (κ2) is 17.9. The highest BCUT2D eigenvalue weighted by Gasteiger charge is 2.51. The number of fused-ring (bicyclic) bond motifs is 3. The molecule has 5 saturated heterocycles. The number of phenols is 1. The number of nitrogens with zero attached hydrogens (tertiary/aromatic N) is 7. The number of halogens is 2. The Morgan fingerprint density at radius 2 is 1.73 bits per heavy atom. The quantitative estimate of drug-likeness (QED) is 0.123. The van der Waals surface area contributed by atoms with Crippen LogP contribution < -0.4 is 15.0 Å². The number of carbonyl (C=O) groups is 3. The van der Waals surface area contributed by atoms with Gasteiger partial charge in [-0.1, -0.05) is 25.1 Å². The van der Waals surface area contributed by atoms with Crippen LogP contribution in [0, 0.1) is 22.5 Å². The van der Waals surface area contributed by atoms with Crippen LogP contribution in [0.5, 0.6) is 11.8 Å². The molecule has 16 heteroatoms. The van der Waals surface area contributed by atoms with Gasteiger partial charge in [-0.25, -0.2) is 8.78 Å². The Kier molecular flexibility index (Phi) is 11.5. The molecular weight excluding hydrogens is 931 g/mol. The fraction of sp³-hybridized carbons (Fsp3) is 0.544. The van der Waals surface area contributed by atoms with Gasteiger partial charge < -0.3 is 34.2 Å². The number of phenolic OH excluding ortho intramolecular Hbond substituents is 1. The van der Waals surface area contributed by atoms with Gasteiger partial charge in [0.15, 0.2) is 5.82 Å². The van der Waals surface area contributed by atoms with Gasteiger partial charge in [0.25, 0.3) is 5.91 Å². The van der Waals surface area contributed by atoms with Crippen molar-refractivity contribution < 1.29 is 37.7 Å². The number of rotatable bonds is 11. The first-order valence-electron chi connectivity index (χ1n) is 26.9. The van der Waals surface area contributed by atoms with Crippen molar-refractivity contribution in [3.63, 3.8) is 0 Å². The average molecular weight is 995 g/mol. The summed E-state index contributed by atoms with van der Waals surface area (Å²) >= 11 is 0. The number of benzene rings is 3. The Morgan fingerprint density at radius 1 is 0.918 bits per heavy atom. The third kappa shape index (κ3) is 8.30. The van der Waals surface area contributed by atoms with Gasteiger partial charge in [-0.3, -0.25) is 24.7 Å². The second-order valence-corrected chi connectivity index (χ2v) is 23.0. The zero-order valence-corrected chi connectivity index (χ0v) is 41.7. The van der Waals surface area contributed by atoms with Crippen LogP contribution in [0.1, 0.15) is 123 Å². The zero-order chi connectivity index (χ0) is 49.8. The van der Waals surface area contributed by atoms with Gasteiger partial charge in [-0.2, -0.15) is 9.97 Å². The Balaban J connectivity index is 0.655. The number of imide groups is 1. The van der Waals surface area contributed by atoms with Crippen molar-refractivity contribution in [3.05, 3.63) is 82.5 Å². The summed E-state index contributed by atoms with van der Waals surface area (Å²) in [6.45, 7) is 9.96. The summed E-state index contributed by atoms with van der Waals surface area (Å²) in [5.74, 6) is -0.931. The summed E-state index contributed by atoms with van der Waals surface area (Å²) in [4.78, 5) is 61.6. The van der Waals surface area contributed by atoms with E-state index in [-0.39, 0.29) is 58.1 Å². The van der Waals surface area contributed by atoms with E-state index in [0.717, 1.165) is 96.4 Å². The van der Waals surface area contributed by atoms with E-state index in [1.807, 2.05) is 19.1 Å². The van der Waals surface area contributed by atoms with Gasteiger partial charge in [0.1, 0.15) is 34.6 Å². The van der Waals surface area contributed by atoms with E-state index in [1.165, 1.54) is 43.4 Å². The minimum absolute atomic E-state index is 0.0149. The topological polar surface area (TPSA) is 154 Å². The van der Waals surface area contributed by atoms with E-state index in [4.69, 9.17) is 19.4 Å². The van der Waals surface area contributed by atoms with Gasteiger partial charge >= 0.3 is 6.01 Å². The molecule has 73 heavy (non-hydrogen) atoms. The molecule has 5 aromatic rings. The van der Waals surface area contributed by atoms with Gasteiger partial charge in [0, 0.05) is 67.8 Å². The third-order valence-corrected chi connectivity index (χ3v) is 18.6. The van der Waals surface area contributed by atoms with Gasteiger partial charge in [0.2, 0.25) is 11.8 Å². The molecule has 3 aromatic carbocycles. The molecular formula is C57H64F2N8O6. The van der Waals surface area contributed by atoms with Crippen molar-refractivity contribution >= 4 is 45.2 Å². The number of ether oxygens (including phenoxy) is 2. The van der Waals surface area contributed by atoms with Crippen LogP contribution in [-0.4, -0.2) is 129 Å². The molecule has 2 atom stereocenters. The predicted octanol–water partition coefficient (Wildman–Crippen LogP) is 8.19. The largest absolute Gasteiger partial charge is 0.508 e. The minimum Gasteiger partial charge on any atom is -0.508 e. The number of carbonyl (C=O) groups excluding carboxylic acids is 3. The standard InChI is InChI=1S/C57H64F2N8O6/c1-2-38-44(58)8-7-35-25-37(68)26-41(47(35)38)49-48(59)50-42(29-60-49)51(66-19-4-13-57(32-66)18-24-73-57)63-54(62-50)72-33-56(14-15-56)31-64-22-16-55(17-23-64)27-36(28-55)65-20-11-34(12-21-65)39-5-3-6-40-43(39)30-67(53(40)71)45-9-10-46(69)61-52(45)70/h3,5-8,25-26,29,34,36,45,68H,2,4,9-24,27-28,30-33H2,1H3,(H,61,69,70). The molecule has 8 heterocycles. The summed E-state index contributed by atoms with van der Waals surface area (Å²) in [5, 5.41) is 14.8. The molecule has 6 aliphatic heterocycles. The van der Waals surface area contributed by atoms with Crippen molar-refractivity contribution in [2.75, 3.05) is 63.9 Å². The molecule has 0 bridgehead atoms. The number of anilines is 1. The fourth-order valence-corrected chi connectivity index (χ4v) is 14.1. The van der Waals surface area contributed by atoms with Crippen LogP contribution in [0.25, 0.3) is 32.9 Å². The Labute approximate surface area is 423 Å². The highest BCUT2D eigenvalue weighted by Crippen LogP contribution is 2.54. The predicted molar refractivity (Wildman–Crippen MR) is 270 cm³/mol. The molecule has 8 aliphatic rings. The summed E-state index contributed by atoms with van der Waals surface area (Å²) in [5.41, 5.74) is 3.93. The maximum absolute atomic E-state index is 17.3. The molecule has 2 N–H and O–H groups in total. The molecule has 2 spiro atoms. The van der Waals surface area contributed by atoms with Crippen molar-refractivity contribution in [2.45, 2.75) is 127 Å². The van der Waals surface area contributed by atoms with E-state index < -0.39 is 17.7 Å². The number of aromatic nitrogens is 3. The zero-order valence-electron chi connectivity index (χ0n) is 41.7. The van der Waals surface area contributed by atoms with Crippen LogP contribution in [0.15, 0.2) is 48.7 Å². The van der Waals surface area contributed by atoms with Crippen LogP contribution in [0.3, 0.4) is 0 Å². The fourth-order valence-electron chi connectivity index (χ4n) is 14.1. The van der Waals surface area contributed by atoms with Crippen LogP contribution in [0.4, 0.5) is 14.6 Å². The number of hydrogen-bond acceptors (Lipinski definition) is 12. The number of pyridine rings is 1. The number of hydrogen-bond donors (Lipinski definition) is 2. The Hall–Kier alpha value is -5.84. The monoisotopic (exact) mass is 994 g/mol. The van der Waals surface area contributed by atoms with Crippen LogP contribution in [0.2, 0.25) is 0 Å². The third-order valence-electron chi connectivity index (χ3n) is 18.6. The number of aromatic hydroxyl groups is 1. The molecule has 13 rings (SSSR count). The highest BCUT2D eigenvalue weighted by molar-refractivity contribution is 6.06. The summed E-state index contributed by atoms with van der Waals surface area (Å²) in [6.07, 6.45) is 14.5. The maximum atomic E-state index is 17.3. The first-order valence-corrected chi connectivity index (χ1v) is 26.9. The van der Waals surface area contributed by atoms with E-state index in [2.05, 4.69) is 31.1 Å². The molecule has 2 saturated carbocycles. The molecule has 382 valence electrons. The lowest BCUT2D eigenvalue weighted by atomic mass is 9.59. The number of likely N-dealkylation sites (tertiary alicyclic amines) is 2. The van der Waals surface area contributed by atoms with E-state index >= 15 is 8.78 Å². The van der Waals surface area contributed by atoms with Gasteiger partial charge in [0.05, 0.1) is 24.2 Å². The lowest BCUT2D eigenvalue weighted by Gasteiger charge is -2.56. The van der Waals surface area contributed by atoms with E-state index in [9.17, 15) is 19.5 Å². The Morgan fingerprint density at radius 3 is 2.47 bits per heavy atom. The number of aryl methyl sites for hydroxylation is 1. The lowest BCUT2D eigenvalue weighted by molar-refractivity contribution is -0.151. The summed E-state index contributed by atoms with van der Waals surface area (Å²) in [7, 11) is 0. The summed E-state index contributed by atoms with van der Waals surface area (Å²) < 4.78 is 45.2. The van der Waals surface area contributed by atoms with Gasteiger partial charge in [-0.15, -0.1) is 0 Å². The molecule has 2 aromatic heterocycles. The van der Waals surface area contributed by atoms with Crippen LogP contribution in [-0.2, 0) is 27.3 Å². The number of nitrogens with one attached hydrogen (secondary N) is 1. The van der Waals surface area contributed by atoms with Crippen molar-refractivity contribution in [3.8, 4) is 23.0 Å². The average Bonchev–Trinajstić information content (AvgIpc) is 4.07. The molecule has 7 fully saturated rings. The lowest BCUT2D eigenvalue weighted by Crippen LogP contribution is -2.56. The molecule has 2 unspecified atom stereocenters. The van der Waals surface area contributed by atoms with Crippen molar-refractivity contribution in [1.29, 1.82) is 0 Å². The van der Waals surface area contributed by atoms with E-state index in [0.29, 0.717) is 88.6 Å². The number of piperidine rings is 4. The van der Waals surface area contributed by atoms with Gasteiger partial charge in [-0.05, 0) is 166 Å². The van der Waals surface area contributed by atoms with Crippen molar-refractivity contribution in [1.82, 2.24) is 35.0 Å². The summed E-state index contributed by atoms with van der Waals surface area (Å²) in [6, 6.07) is 12.2. The molecule has 0 radical (unpaired) electrons. The second-order valence-electron chi connectivity index (χ2n) is 23.0. The molecule has 14 nitrogen and oxygen atoms in total. The Bertz CT molecular complexity index is 3060.